The molecule has 0 aromatic carbocycles. The van der Waals surface area contributed by atoms with Crippen molar-refractivity contribution in [2.45, 2.75) is 13.0 Å². The van der Waals surface area contributed by atoms with Gasteiger partial charge in [0.25, 0.3) is 0 Å². The van der Waals surface area contributed by atoms with Gasteiger partial charge in [0.05, 0.1) is 6.54 Å². The van der Waals surface area contributed by atoms with Gasteiger partial charge in [-0.1, -0.05) is 6.07 Å². The van der Waals surface area contributed by atoms with Gasteiger partial charge >= 0.3 is 5.97 Å². The molecule has 0 spiro atoms. The molecule has 5 nitrogen and oxygen atoms in total. The predicted octanol–water partition coefficient (Wildman–Crippen LogP) is 1.71. The number of carbonyl (C=O) groups is 1. The highest BCUT2D eigenvalue weighted by Crippen LogP contribution is 2.07. The number of aromatic carboxylic acids is 1. The maximum Gasteiger partial charge on any atom is 0.371 e. The van der Waals surface area contributed by atoms with Crippen molar-refractivity contribution in [3.8, 4) is 0 Å². The highest BCUT2D eigenvalue weighted by Gasteiger charge is 2.08. The second-order valence-corrected chi connectivity index (χ2v) is 3.86. The minimum Gasteiger partial charge on any atom is -0.475 e. The fraction of sp³-hybridized carbons (Fsp3) is 0.231. The Labute approximate surface area is 104 Å². The minimum atomic E-state index is -1.04. The number of rotatable bonds is 6. The van der Waals surface area contributed by atoms with Crippen LogP contribution in [0.5, 0.6) is 0 Å². The Balaban J connectivity index is 1.73. The molecule has 18 heavy (non-hydrogen) atoms. The van der Waals surface area contributed by atoms with Gasteiger partial charge in [0.1, 0.15) is 5.76 Å². The molecule has 0 unspecified atom stereocenters. The van der Waals surface area contributed by atoms with Crippen LogP contribution in [0, 0.1) is 0 Å². The SMILES string of the molecule is O=C(O)c1ccc(CNCCc2cccnc2)o1. The molecule has 0 saturated heterocycles. The molecule has 2 N–H and O–H groups in total. The Morgan fingerprint density at radius 1 is 1.39 bits per heavy atom. The summed E-state index contributed by atoms with van der Waals surface area (Å²) in [6.07, 6.45) is 4.45. The van der Waals surface area contributed by atoms with Gasteiger partial charge in [-0.3, -0.25) is 4.98 Å². The average Bonchev–Trinajstić information content (AvgIpc) is 2.85. The summed E-state index contributed by atoms with van der Waals surface area (Å²) in [5, 5.41) is 11.9. The van der Waals surface area contributed by atoms with E-state index in [4.69, 9.17) is 9.52 Å². The number of hydrogen-bond acceptors (Lipinski definition) is 4. The molecule has 2 aromatic rings. The fourth-order valence-corrected chi connectivity index (χ4v) is 1.58. The summed E-state index contributed by atoms with van der Waals surface area (Å²) >= 11 is 0. The van der Waals surface area contributed by atoms with Gasteiger partial charge in [-0.05, 0) is 36.7 Å². The van der Waals surface area contributed by atoms with E-state index in [9.17, 15) is 4.79 Å². The third-order valence-electron chi connectivity index (χ3n) is 2.48. The lowest BCUT2D eigenvalue weighted by Crippen LogP contribution is -2.16. The van der Waals surface area contributed by atoms with E-state index in [1.54, 1.807) is 12.3 Å². The summed E-state index contributed by atoms with van der Waals surface area (Å²) in [6, 6.07) is 7.05. The number of pyridine rings is 1. The summed E-state index contributed by atoms with van der Waals surface area (Å²) in [5.41, 5.74) is 1.16. The van der Waals surface area contributed by atoms with Gasteiger partial charge in [-0.25, -0.2) is 4.79 Å². The Morgan fingerprint density at radius 2 is 2.28 bits per heavy atom. The normalized spacial score (nSPS) is 10.4. The van der Waals surface area contributed by atoms with Crippen LogP contribution in [0.2, 0.25) is 0 Å². The molecule has 2 heterocycles. The maximum atomic E-state index is 10.6. The molecule has 0 fully saturated rings. The molecule has 2 aromatic heterocycles. The molecule has 0 saturated carbocycles. The van der Waals surface area contributed by atoms with E-state index in [0.29, 0.717) is 12.3 Å². The van der Waals surface area contributed by atoms with Crippen molar-refractivity contribution in [2.75, 3.05) is 6.54 Å². The molecule has 5 heteroatoms. The molecule has 0 aliphatic carbocycles. The van der Waals surface area contributed by atoms with E-state index in [1.807, 2.05) is 18.3 Å². The minimum absolute atomic E-state index is 0.0286. The lowest BCUT2D eigenvalue weighted by molar-refractivity contribution is 0.0660. The van der Waals surface area contributed by atoms with Crippen LogP contribution >= 0.6 is 0 Å². The van der Waals surface area contributed by atoms with Gasteiger partial charge in [-0.15, -0.1) is 0 Å². The van der Waals surface area contributed by atoms with Crippen LogP contribution in [0.3, 0.4) is 0 Å². The Hall–Kier alpha value is -2.14. The topological polar surface area (TPSA) is 75.4 Å². The van der Waals surface area contributed by atoms with Crippen molar-refractivity contribution in [2.24, 2.45) is 0 Å². The molecular weight excluding hydrogens is 232 g/mol. The number of aromatic nitrogens is 1. The van der Waals surface area contributed by atoms with Crippen LogP contribution in [0.1, 0.15) is 21.9 Å². The highest BCUT2D eigenvalue weighted by atomic mass is 16.4. The summed E-state index contributed by atoms with van der Waals surface area (Å²) in [6.45, 7) is 1.31. The second-order valence-electron chi connectivity index (χ2n) is 3.86. The first-order valence-electron chi connectivity index (χ1n) is 5.67. The van der Waals surface area contributed by atoms with E-state index in [-0.39, 0.29) is 5.76 Å². The van der Waals surface area contributed by atoms with Crippen LogP contribution < -0.4 is 5.32 Å². The first kappa shape index (κ1) is 12.3. The fourth-order valence-electron chi connectivity index (χ4n) is 1.58. The van der Waals surface area contributed by atoms with Gasteiger partial charge in [0.2, 0.25) is 5.76 Å². The van der Waals surface area contributed by atoms with E-state index >= 15 is 0 Å². The maximum absolute atomic E-state index is 10.6. The van der Waals surface area contributed by atoms with Crippen molar-refractivity contribution in [1.82, 2.24) is 10.3 Å². The molecule has 0 atom stereocenters. The zero-order chi connectivity index (χ0) is 12.8. The van der Waals surface area contributed by atoms with E-state index in [0.717, 1.165) is 18.5 Å². The van der Waals surface area contributed by atoms with Crippen LogP contribution in [-0.2, 0) is 13.0 Å². The molecule has 0 aliphatic rings. The average molecular weight is 246 g/mol. The van der Waals surface area contributed by atoms with Crippen molar-refractivity contribution >= 4 is 5.97 Å². The number of nitrogens with one attached hydrogen (secondary N) is 1. The van der Waals surface area contributed by atoms with Crippen LogP contribution in [0.15, 0.2) is 41.1 Å². The number of carboxylic acids is 1. The van der Waals surface area contributed by atoms with Crippen molar-refractivity contribution in [1.29, 1.82) is 0 Å². The lowest BCUT2D eigenvalue weighted by Gasteiger charge is -2.02. The first-order valence-corrected chi connectivity index (χ1v) is 5.67. The zero-order valence-corrected chi connectivity index (χ0v) is 9.80. The van der Waals surface area contributed by atoms with Crippen LogP contribution in [-0.4, -0.2) is 22.6 Å². The molecule has 0 bridgehead atoms. The van der Waals surface area contributed by atoms with Crippen molar-refractivity contribution in [3.05, 3.63) is 53.7 Å². The number of furan rings is 1. The second kappa shape index (κ2) is 5.97. The zero-order valence-electron chi connectivity index (χ0n) is 9.80. The van der Waals surface area contributed by atoms with Crippen LogP contribution in [0.4, 0.5) is 0 Å². The van der Waals surface area contributed by atoms with Gasteiger partial charge < -0.3 is 14.8 Å². The summed E-state index contributed by atoms with van der Waals surface area (Å²) in [7, 11) is 0. The van der Waals surface area contributed by atoms with Crippen molar-refractivity contribution in [3.63, 3.8) is 0 Å². The summed E-state index contributed by atoms with van der Waals surface area (Å²) in [4.78, 5) is 14.6. The lowest BCUT2D eigenvalue weighted by atomic mass is 10.2. The molecule has 0 radical (unpaired) electrons. The van der Waals surface area contributed by atoms with Gasteiger partial charge in [-0.2, -0.15) is 0 Å². The van der Waals surface area contributed by atoms with Crippen LogP contribution in [0.25, 0.3) is 0 Å². The third kappa shape index (κ3) is 3.43. The largest absolute Gasteiger partial charge is 0.475 e. The van der Waals surface area contributed by atoms with E-state index in [2.05, 4.69) is 10.3 Å². The highest BCUT2D eigenvalue weighted by molar-refractivity contribution is 5.84. The first-order chi connectivity index (χ1) is 8.75. The van der Waals surface area contributed by atoms with Gasteiger partial charge in [0.15, 0.2) is 0 Å². The summed E-state index contributed by atoms with van der Waals surface area (Å²) < 4.78 is 5.12. The molecule has 0 aliphatic heterocycles. The predicted molar refractivity (Wildman–Crippen MR) is 65.3 cm³/mol. The number of hydrogen-bond donors (Lipinski definition) is 2. The smallest absolute Gasteiger partial charge is 0.371 e. The number of nitrogens with zero attached hydrogens (tertiary/aromatic N) is 1. The number of carboxylic acid groups (broad SMARTS) is 1. The quantitative estimate of drug-likeness (QED) is 0.759. The van der Waals surface area contributed by atoms with E-state index < -0.39 is 5.97 Å². The Morgan fingerprint density at radius 3 is 2.94 bits per heavy atom. The van der Waals surface area contributed by atoms with E-state index in [1.165, 1.54) is 6.07 Å². The Kier molecular flexibility index (Phi) is 4.09. The Bertz CT molecular complexity index is 508. The molecule has 2 rings (SSSR count). The molecule has 0 amide bonds. The van der Waals surface area contributed by atoms with Crippen molar-refractivity contribution < 1.29 is 14.3 Å². The van der Waals surface area contributed by atoms with Gasteiger partial charge in [0, 0.05) is 12.4 Å². The summed E-state index contributed by atoms with van der Waals surface area (Å²) in [5.74, 6) is -0.450. The molecule has 94 valence electrons. The monoisotopic (exact) mass is 246 g/mol. The standard InChI is InChI=1S/C13H14N2O3/c16-13(17)12-4-3-11(18-12)9-15-7-5-10-2-1-6-14-8-10/h1-4,6,8,15H,5,7,9H2,(H,16,17). The third-order valence-corrected chi connectivity index (χ3v) is 2.48. The molecular formula is C13H14N2O3.